The maximum atomic E-state index is 12.2. The number of hydrogen-bond donors (Lipinski definition) is 1. The summed E-state index contributed by atoms with van der Waals surface area (Å²) in [6, 6.07) is 6.49. The first-order valence-electron chi connectivity index (χ1n) is 7.97. The summed E-state index contributed by atoms with van der Waals surface area (Å²) in [4.78, 5) is 6.11. The zero-order valence-corrected chi connectivity index (χ0v) is 18.9. The highest BCUT2D eigenvalue weighted by molar-refractivity contribution is 14.0. The van der Waals surface area contributed by atoms with E-state index in [2.05, 4.69) is 15.0 Å². The summed E-state index contributed by atoms with van der Waals surface area (Å²) in [6.45, 7) is 4.14. The third-order valence-electron chi connectivity index (χ3n) is 3.40. The van der Waals surface area contributed by atoms with Gasteiger partial charge in [-0.2, -0.15) is 8.78 Å². The molecule has 0 amide bonds. The normalized spacial score (nSPS) is 13.2. The second kappa shape index (κ2) is 11.7. The molecule has 0 heterocycles. The fraction of sp³-hybridized carbons (Fsp3) is 0.588. The van der Waals surface area contributed by atoms with Crippen molar-refractivity contribution < 1.29 is 17.7 Å². The standard InChI is InChI=1S/C17H27F2N3O2S.HI/c1-17(2,3)25(23)11-10-21-16(20-4)22(5)12-13-6-8-14(9-7-13)24-15(18)19;/h6-9,15H,10-12H2,1-5H3,(H,20,21);1H. The molecule has 0 aromatic heterocycles. The van der Waals surface area contributed by atoms with Crippen LogP contribution in [0.4, 0.5) is 8.78 Å². The molecular weight excluding hydrogens is 475 g/mol. The smallest absolute Gasteiger partial charge is 0.387 e. The van der Waals surface area contributed by atoms with Crippen molar-refractivity contribution >= 4 is 40.7 Å². The summed E-state index contributed by atoms with van der Waals surface area (Å²) >= 11 is 0. The highest BCUT2D eigenvalue weighted by Gasteiger charge is 2.19. The molecule has 0 fully saturated rings. The van der Waals surface area contributed by atoms with Gasteiger partial charge in [-0.05, 0) is 38.5 Å². The Bertz CT molecular complexity index is 593. The van der Waals surface area contributed by atoms with Gasteiger partial charge in [0.1, 0.15) is 5.75 Å². The van der Waals surface area contributed by atoms with Crippen LogP contribution >= 0.6 is 24.0 Å². The molecule has 150 valence electrons. The molecule has 0 aliphatic carbocycles. The van der Waals surface area contributed by atoms with E-state index >= 15 is 0 Å². The van der Waals surface area contributed by atoms with Gasteiger partial charge in [0, 0.05) is 48.5 Å². The van der Waals surface area contributed by atoms with Crippen molar-refractivity contribution in [2.45, 2.75) is 38.7 Å². The molecule has 0 bridgehead atoms. The summed E-state index contributed by atoms with van der Waals surface area (Å²) in [5, 5.41) is 3.19. The van der Waals surface area contributed by atoms with Gasteiger partial charge in [0.25, 0.3) is 0 Å². The van der Waals surface area contributed by atoms with Gasteiger partial charge in [-0.15, -0.1) is 24.0 Å². The van der Waals surface area contributed by atoms with E-state index in [9.17, 15) is 13.0 Å². The van der Waals surface area contributed by atoms with Crippen LogP contribution in [0.5, 0.6) is 5.75 Å². The van der Waals surface area contributed by atoms with Gasteiger partial charge < -0.3 is 15.0 Å². The van der Waals surface area contributed by atoms with Crippen LogP contribution in [0.2, 0.25) is 0 Å². The van der Waals surface area contributed by atoms with Gasteiger partial charge in [-0.1, -0.05) is 12.1 Å². The summed E-state index contributed by atoms with van der Waals surface area (Å²) in [6.07, 6.45) is 0. The zero-order valence-electron chi connectivity index (χ0n) is 15.8. The predicted octanol–water partition coefficient (Wildman–Crippen LogP) is 3.46. The Labute approximate surface area is 174 Å². The van der Waals surface area contributed by atoms with Crippen molar-refractivity contribution in [3.05, 3.63) is 29.8 Å². The lowest BCUT2D eigenvalue weighted by Crippen LogP contribution is -2.41. The number of hydrogen-bond acceptors (Lipinski definition) is 3. The van der Waals surface area contributed by atoms with Gasteiger partial charge in [0.2, 0.25) is 0 Å². The van der Waals surface area contributed by atoms with E-state index in [-0.39, 0.29) is 34.5 Å². The molecular formula is C17H28F2IN3O2S. The number of aliphatic imine (C=N–C) groups is 1. The third-order valence-corrected chi connectivity index (χ3v) is 5.34. The Hall–Kier alpha value is -0.970. The van der Waals surface area contributed by atoms with Gasteiger partial charge in [0.05, 0.1) is 0 Å². The first-order valence-corrected chi connectivity index (χ1v) is 9.29. The van der Waals surface area contributed by atoms with E-state index in [1.54, 1.807) is 19.2 Å². The molecule has 9 heteroatoms. The van der Waals surface area contributed by atoms with E-state index in [4.69, 9.17) is 0 Å². The van der Waals surface area contributed by atoms with Crippen LogP contribution in [-0.4, -0.2) is 52.8 Å². The molecule has 1 unspecified atom stereocenters. The molecule has 1 aromatic carbocycles. The van der Waals surface area contributed by atoms with Crippen molar-refractivity contribution in [1.82, 2.24) is 10.2 Å². The Morgan fingerprint density at radius 3 is 2.35 bits per heavy atom. The van der Waals surface area contributed by atoms with E-state index in [1.165, 1.54) is 12.1 Å². The van der Waals surface area contributed by atoms with Crippen LogP contribution in [-0.2, 0) is 17.3 Å². The van der Waals surface area contributed by atoms with E-state index < -0.39 is 17.4 Å². The Morgan fingerprint density at radius 1 is 1.31 bits per heavy atom. The zero-order chi connectivity index (χ0) is 19.0. The summed E-state index contributed by atoms with van der Waals surface area (Å²) in [5.74, 6) is 1.35. The number of guanidine groups is 1. The van der Waals surface area contributed by atoms with E-state index in [1.807, 2.05) is 32.7 Å². The third kappa shape index (κ3) is 9.11. The van der Waals surface area contributed by atoms with Gasteiger partial charge >= 0.3 is 6.61 Å². The van der Waals surface area contributed by atoms with Crippen LogP contribution in [0.1, 0.15) is 26.3 Å². The fourth-order valence-corrected chi connectivity index (χ4v) is 2.97. The number of alkyl halides is 2. The molecule has 0 saturated heterocycles. The molecule has 0 saturated carbocycles. The lowest BCUT2D eigenvalue weighted by Gasteiger charge is -2.23. The van der Waals surface area contributed by atoms with Gasteiger partial charge in [-0.3, -0.25) is 9.20 Å². The number of ether oxygens (including phenoxy) is 1. The maximum Gasteiger partial charge on any atom is 0.387 e. The molecule has 0 aliphatic rings. The number of rotatable bonds is 7. The Kier molecular flexibility index (Phi) is 11.2. The lowest BCUT2D eigenvalue weighted by molar-refractivity contribution is -0.0498. The van der Waals surface area contributed by atoms with Crippen LogP contribution in [0, 0.1) is 0 Å². The average molecular weight is 503 g/mol. The van der Waals surface area contributed by atoms with Crippen LogP contribution < -0.4 is 10.1 Å². The molecule has 0 spiro atoms. The first-order chi connectivity index (χ1) is 11.6. The summed E-state index contributed by atoms with van der Waals surface area (Å²) in [5.41, 5.74) is 0.935. The highest BCUT2D eigenvalue weighted by Crippen LogP contribution is 2.16. The van der Waals surface area contributed by atoms with Crippen molar-refractivity contribution in [2.24, 2.45) is 4.99 Å². The van der Waals surface area contributed by atoms with Crippen molar-refractivity contribution in [3.63, 3.8) is 0 Å². The molecule has 0 aliphatic heterocycles. The van der Waals surface area contributed by atoms with E-state index in [0.29, 0.717) is 24.8 Å². The molecule has 0 radical (unpaired) electrons. The minimum atomic E-state index is -2.82. The first kappa shape index (κ1) is 25.0. The predicted molar refractivity (Wildman–Crippen MR) is 114 cm³/mol. The SMILES string of the molecule is CN=C(NCCS(=O)C(C)(C)C)N(C)Cc1ccc(OC(F)F)cc1.I. The van der Waals surface area contributed by atoms with Crippen LogP contribution in [0.25, 0.3) is 0 Å². The van der Waals surface area contributed by atoms with E-state index in [0.717, 1.165) is 5.56 Å². The molecule has 1 aromatic rings. The minimum Gasteiger partial charge on any atom is -0.435 e. The summed E-state index contributed by atoms with van der Waals surface area (Å²) < 4.78 is 40.5. The molecule has 1 N–H and O–H groups in total. The summed E-state index contributed by atoms with van der Waals surface area (Å²) in [7, 11) is 2.63. The number of nitrogens with zero attached hydrogens (tertiary/aromatic N) is 2. The second-order valence-corrected chi connectivity index (χ2v) is 8.84. The Morgan fingerprint density at radius 2 is 1.88 bits per heavy atom. The van der Waals surface area contributed by atoms with Gasteiger partial charge in [-0.25, -0.2) is 0 Å². The van der Waals surface area contributed by atoms with Crippen molar-refractivity contribution in [3.8, 4) is 5.75 Å². The van der Waals surface area contributed by atoms with Crippen LogP contribution in [0.15, 0.2) is 29.3 Å². The van der Waals surface area contributed by atoms with Crippen molar-refractivity contribution in [1.29, 1.82) is 0 Å². The van der Waals surface area contributed by atoms with Gasteiger partial charge in [0.15, 0.2) is 5.96 Å². The number of nitrogens with one attached hydrogen (secondary N) is 1. The molecule has 1 atom stereocenters. The monoisotopic (exact) mass is 503 g/mol. The molecule has 26 heavy (non-hydrogen) atoms. The lowest BCUT2D eigenvalue weighted by atomic mass is 10.2. The van der Waals surface area contributed by atoms with Crippen molar-refractivity contribution in [2.75, 3.05) is 26.4 Å². The number of halogens is 3. The molecule has 1 rings (SSSR count). The maximum absolute atomic E-state index is 12.2. The fourth-order valence-electron chi connectivity index (χ4n) is 2.07. The van der Waals surface area contributed by atoms with Crippen LogP contribution in [0.3, 0.4) is 0 Å². The topological polar surface area (TPSA) is 53.9 Å². The minimum absolute atomic E-state index is 0. The molecule has 5 nitrogen and oxygen atoms in total. The average Bonchev–Trinajstić information content (AvgIpc) is 2.51. The Balaban J connectivity index is 0.00000625. The largest absolute Gasteiger partial charge is 0.435 e. The number of benzene rings is 1. The quantitative estimate of drug-likeness (QED) is 0.352. The highest BCUT2D eigenvalue weighted by atomic mass is 127. The second-order valence-electron chi connectivity index (χ2n) is 6.51.